The molecule has 2 rings (SSSR count). The van der Waals surface area contributed by atoms with E-state index in [1.54, 1.807) is 0 Å². The zero-order valence-electron chi connectivity index (χ0n) is 9.33. The molecule has 2 aromatic heterocycles. The fourth-order valence-corrected chi connectivity index (χ4v) is 1.90. The first-order chi connectivity index (χ1) is 7.26. The summed E-state index contributed by atoms with van der Waals surface area (Å²) in [6.07, 6.45) is 4.22. The first-order valence-corrected chi connectivity index (χ1v) is 5.42. The summed E-state index contributed by atoms with van der Waals surface area (Å²) in [6.45, 7) is 4.80. The van der Waals surface area contributed by atoms with E-state index < -0.39 is 0 Å². The second kappa shape index (κ2) is 4.03. The maximum Gasteiger partial charge on any atom is 0.137 e. The van der Waals surface area contributed by atoms with E-state index in [1.807, 2.05) is 6.07 Å². The fraction of sp³-hybridized carbons (Fsp3) is 0.417. The normalized spacial score (nSPS) is 11.1. The number of nitrogens with two attached hydrogens (primary N) is 1. The van der Waals surface area contributed by atoms with Crippen molar-refractivity contribution in [3.8, 4) is 0 Å². The van der Waals surface area contributed by atoms with Crippen LogP contribution in [-0.4, -0.2) is 9.38 Å². The average Bonchev–Trinajstić information content (AvgIpc) is 2.55. The topological polar surface area (TPSA) is 43.3 Å². The molecule has 0 amide bonds. The highest BCUT2D eigenvalue weighted by Gasteiger charge is 2.09. The summed E-state index contributed by atoms with van der Waals surface area (Å²) < 4.78 is 2.11. The summed E-state index contributed by atoms with van der Waals surface area (Å²) in [5, 5.41) is 0. The van der Waals surface area contributed by atoms with Crippen LogP contribution in [0.5, 0.6) is 0 Å². The lowest BCUT2D eigenvalue weighted by molar-refractivity contribution is 0.850. The van der Waals surface area contributed by atoms with Gasteiger partial charge in [0.05, 0.1) is 11.4 Å². The smallest absolute Gasteiger partial charge is 0.137 e. The first-order valence-electron chi connectivity index (χ1n) is 5.42. The molecule has 80 valence electrons. The Balaban J connectivity index is 2.63. The van der Waals surface area contributed by atoms with E-state index in [2.05, 4.69) is 35.5 Å². The van der Waals surface area contributed by atoms with Gasteiger partial charge in [0.25, 0.3) is 0 Å². The Hall–Kier alpha value is -1.35. The molecule has 0 spiro atoms. The number of imidazole rings is 1. The summed E-state index contributed by atoms with van der Waals surface area (Å²) in [5.41, 5.74) is 10.3. The Labute approximate surface area is 89.9 Å². The van der Waals surface area contributed by atoms with Crippen molar-refractivity contribution >= 4 is 5.65 Å². The summed E-state index contributed by atoms with van der Waals surface area (Å²) in [5.74, 6) is 0. The Morgan fingerprint density at radius 1 is 1.40 bits per heavy atom. The molecule has 15 heavy (non-hydrogen) atoms. The minimum absolute atomic E-state index is 0.556. The van der Waals surface area contributed by atoms with Crippen LogP contribution >= 0.6 is 0 Å². The van der Waals surface area contributed by atoms with Crippen LogP contribution in [0.2, 0.25) is 0 Å². The SMILES string of the molecule is CCCc1nc2ccc(C)cn2c1CN. The van der Waals surface area contributed by atoms with E-state index in [1.165, 1.54) is 5.56 Å². The molecule has 0 saturated heterocycles. The van der Waals surface area contributed by atoms with Gasteiger partial charge in [0.15, 0.2) is 0 Å². The third kappa shape index (κ3) is 1.75. The van der Waals surface area contributed by atoms with Crippen molar-refractivity contribution in [3.05, 3.63) is 35.3 Å². The Morgan fingerprint density at radius 2 is 2.20 bits per heavy atom. The summed E-state index contributed by atoms with van der Waals surface area (Å²) in [7, 11) is 0. The van der Waals surface area contributed by atoms with Crippen molar-refractivity contribution in [1.82, 2.24) is 9.38 Å². The van der Waals surface area contributed by atoms with E-state index in [0.29, 0.717) is 6.54 Å². The van der Waals surface area contributed by atoms with Gasteiger partial charge in [-0.15, -0.1) is 0 Å². The van der Waals surface area contributed by atoms with Crippen molar-refractivity contribution < 1.29 is 0 Å². The predicted octanol–water partition coefficient (Wildman–Crippen LogP) is 2.05. The van der Waals surface area contributed by atoms with Gasteiger partial charge in [0, 0.05) is 12.7 Å². The van der Waals surface area contributed by atoms with Crippen LogP contribution in [0.1, 0.15) is 30.3 Å². The highest BCUT2D eigenvalue weighted by Crippen LogP contribution is 2.14. The van der Waals surface area contributed by atoms with Gasteiger partial charge >= 0.3 is 0 Å². The quantitative estimate of drug-likeness (QED) is 0.829. The zero-order valence-corrected chi connectivity index (χ0v) is 9.33. The van der Waals surface area contributed by atoms with Gasteiger partial charge in [-0.2, -0.15) is 0 Å². The lowest BCUT2D eigenvalue weighted by atomic mass is 10.2. The molecule has 3 heteroatoms. The maximum atomic E-state index is 5.78. The number of aryl methyl sites for hydroxylation is 2. The third-order valence-electron chi connectivity index (χ3n) is 2.63. The number of aromatic nitrogens is 2. The van der Waals surface area contributed by atoms with Gasteiger partial charge in [-0.1, -0.05) is 19.4 Å². The van der Waals surface area contributed by atoms with E-state index in [0.717, 1.165) is 29.9 Å². The molecule has 0 atom stereocenters. The van der Waals surface area contributed by atoms with E-state index in [9.17, 15) is 0 Å². The Morgan fingerprint density at radius 3 is 2.87 bits per heavy atom. The molecule has 0 bridgehead atoms. The second-order valence-corrected chi connectivity index (χ2v) is 3.89. The van der Waals surface area contributed by atoms with Gasteiger partial charge in [0.1, 0.15) is 5.65 Å². The number of hydrogen-bond donors (Lipinski definition) is 1. The minimum Gasteiger partial charge on any atom is -0.325 e. The van der Waals surface area contributed by atoms with Gasteiger partial charge < -0.3 is 10.1 Å². The third-order valence-corrected chi connectivity index (χ3v) is 2.63. The first kappa shape index (κ1) is 10.2. The van der Waals surface area contributed by atoms with Crippen molar-refractivity contribution in [3.63, 3.8) is 0 Å². The molecule has 0 radical (unpaired) electrons. The van der Waals surface area contributed by atoms with Crippen LogP contribution in [0.4, 0.5) is 0 Å². The zero-order chi connectivity index (χ0) is 10.8. The fourth-order valence-electron chi connectivity index (χ4n) is 1.90. The van der Waals surface area contributed by atoms with Gasteiger partial charge in [-0.3, -0.25) is 0 Å². The average molecular weight is 203 g/mol. The minimum atomic E-state index is 0.556. The molecular formula is C12H17N3. The second-order valence-electron chi connectivity index (χ2n) is 3.89. The molecule has 0 aliphatic carbocycles. The lowest BCUT2D eigenvalue weighted by Crippen LogP contribution is -2.04. The Bertz CT molecular complexity index is 471. The maximum absolute atomic E-state index is 5.78. The van der Waals surface area contributed by atoms with Crippen LogP contribution < -0.4 is 5.73 Å². The number of rotatable bonds is 3. The molecule has 3 nitrogen and oxygen atoms in total. The van der Waals surface area contributed by atoms with Gasteiger partial charge in [-0.05, 0) is 25.0 Å². The molecular weight excluding hydrogens is 186 g/mol. The van der Waals surface area contributed by atoms with Crippen LogP contribution in [0.15, 0.2) is 18.3 Å². The predicted molar refractivity (Wildman–Crippen MR) is 61.8 cm³/mol. The van der Waals surface area contributed by atoms with Crippen LogP contribution in [-0.2, 0) is 13.0 Å². The molecule has 0 fully saturated rings. The van der Waals surface area contributed by atoms with Crippen molar-refractivity contribution in [2.45, 2.75) is 33.2 Å². The summed E-state index contributed by atoms with van der Waals surface area (Å²) >= 11 is 0. The molecule has 2 heterocycles. The monoisotopic (exact) mass is 203 g/mol. The molecule has 0 aliphatic heterocycles. The molecule has 0 aromatic carbocycles. The van der Waals surface area contributed by atoms with Gasteiger partial charge in [-0.25, -0.2) is 4.98 Å². The number of pyridine rings is 1. The highest BCUT2D eigenvalue weighted by molar-refractivity contribution is 5.44. The number of fused-ring (bicyclic) bond motifs is 1. The molecule has 2 aromatic rings. The van der Waals surface area contributed by atoms with E-state index in [-0.39, 0.29) is 0 Å². The summed E-state index contributed by atoms with van der Waals surface area (Å²) in [6, 6.07) is 4.13. The van der Waals surface area contributed by atoms with E-state index in [4.69, 9.17) is 5.73 Å². The van der Waals surface area contributed by atoms with Crippen molar-refractivity contribution in [2.24, 2.45) is 5.73 Å². The largest absolute Gasteiger partial charge is 0.325 e. The number of hydrogen-bond acceptors (Lipinski definition) is 2. The van der Waals surface area contributed by atoms with E-state index >= 15 is 0 Å². The van der Waals surface area contributed by atoms with Crippen molar-refractivity contribution in [2.75, 3.05) is 0 Å². The molecule has 0 saturated carbocycles. The van der Waals surface area contributed by atoms with Crippen LogP contribution in [0, 0.1) is 6.92 Å². The molecule has 0 aliphatic rings. The molecule has 2 N–H and O–H groups in total. The highest BCUT2D eigenvalue weighted by atomic mass is 15.0. The van der Waals surface area contributed by atoms with Gasteiger partial charge in [0.2, 0.25) is 0 Å². The van der Waals surface area contributed by atoms with Crippen LogP contribution in [0.25, 0.3) is 5.65 Å². The van der Waals surface area contributed by atoms with Crippen molar-refractivity contribution in [1.29, 1.82) is 0 Å². The summed E-state index contributed by atoms with van der Waals surface area (Å²) in [4.78, 5) is 4.60. The van der Waals surface area contributed by atoms with Crippen LogP contribution in [0.3, 0.4) is 0 Å². The molecule has 0 unspecified atom stereocenters. The lowest BCUT2D eigenvalue weighted by Gasteiger charge is -2.01. The standard InChI is InChI=1S/C12H17N3/c1-3-4-10-11(7-13)15-8-9(2)5-6-12(15)14-10/h5-6,8H,3-4,7,13H2,1-2H3. The number of nitrogens with zero attached hydrogens (tertiary/aromatic N) is 2. The Kier molecular flexibility index (Phi) is 2.73.